The summed E-state index contributed by atoms with van der Waals surface area (Å²) in [7, 11) is 0. The highest BCUT2D eigenvalue weighted by molar-refractivity contribution is 5.57. The van der Waals surface area contributed by atoms with Crippen molar-refractivity contribution in [1.82, 2.24) is 5.32 Å². The van der Waals surface area contributed by atoms with Gasteiger partial charge in [0.1, 0.15) is 0 Å². The van der Waals surface area contributed by atoms with Crippen molar-refractivity contribution in [3.05, 3.63) is 29.3 Å². The minimum absolute atomic E-state index is 0.769. The van der Waals surface area contributed by atoms with Crippen molar-refractivity contribution in [3.63, 3.8) is 0 Å². The monoisotopic (exact) mass is 174 g/mol. The predicted molar refractivity (Wildman–Crippen MR) is 54.2 cm³/mol. The zero-order valence-electron chi connectivity index (χ0n) is 7.64. The normalized spacial score (nSPS) is 20.6. The molecule has 1 saturated heterocycles. The highest BCUT2D eigenvalue weighted by atomic mass is 14.9. The topological polar surface area (TPSA) is 24.1 Å². The quantitative estimate of drug-likeness (QED) is 0.671. The molecule has 0 aliphatic carbocycles. The first kappa shape index (κ1) is 7.39. The molecular formula is C11H14N2. The van der Waals surface area contributed by atoms with E-state index in [1.807, 2.05) is 0 Å². The minimum Gasteiger partial charge on any atom is -0.384 e. The Kier molecular flexibility index (Phi) is 1.56. The third kappa shape index (κ3) is 1.13. The first-order valence-electron chi connectivity index (χ1n) is 5.01. The van der Waals surface area contributed by atoms with E-state index in [-0.39, 0.29) is 0 Å². The van der Waals surface area contributed by atoms with Crippen LogP contribution in [-0.4, -0.2) is 19.6 Å². The molecule has 2 N–H and O–H groups in total. The fourth-order valence-electron chi connectivity index (χ4n) is 2.10. The first-order valence-corrected chi connectivity index (χ1v) is 5.01. The summed E-state index contributed by atoms with van der Waals surface area (Å²) in [5, 5.41) is 6.70. The smallest absolute Gasteiger partial charge is 0.0373 e. The first-order chi connectivity index (χ1) is 6.43. The Morgan fingerprint density at radius 2 is 2.15 bits per heavy atom. The number of benzene rings is 1. The number of fused-ring (bicyclic) bond motifs is 1. The summed E-state index contributed by atoms with van der Waals surface area (Å²) in [4.78, 5) is 0. The van der Waals surface area contributed by atoms with Crippen molar-refractivity contribution < 1.29 is 0 Å². The molecule has 0 radical (unpaired) electrons. The van der Waals surface area contributed by atoms with Crippen LogP contribution in [0.4, 0.5) is 5.69 Å². The van der Waals surface area contributed by atoms with E-state index >= 15 is 0 Å². The Morgan fingerprint density at radius 3 is 2.92 bits per heavy atom. The average Bonchev–Trinajstić information content (AvgIpc) is 2.47. The summed E-state index contributed by atoms with van der Waals surface area (Å²) in [6, 6.07) is 6.87. The largest absolute Gasteiger partial charge is 0.384 e. The summed E-state index contributed by atoms with van der Waals surface area (Å²) in [5.41, 5.74) is 4.36. The molecule has 2 nitrogen and oxygen atoms in total. The summed E-state index contributed by atoms with van der Waals surface area (Å²) in [6.45, 7) is 3.43. The van der Waals surface area contributed by atoms with Gasteiger partial charge in [-0.05, 0) is 23.6 Å². The standard InChI is InChI=1S/C11H14N2/c1-2-11-9(3-4-13-11)5-8(1)10-6-12-7-10/h1-2,5,10,12-13H,3-4,6-7H2. The van der Waals surface area contributed by atoms with Gasteiger partial charge in [0, 0.05) is 31.2 Å². The second-order valence-electron chi connectivity index (χ2n) is 3.95. The lowest BCUT2D eigenvalue weighted by atomic mass is 9.92. The summed E-state index contributed by atoms with van der Waals surface area (Å²) >= 11 is 0. The molecule has 0 aromatic heterocycles. The van der Waals surface area contributed by atoms with Gasteiger partial charge >= 0.3 is 0 Å². The molecule has 0 spiro atoms. The van der Waals surface area contributed by atoms with E-state index in [9.17, 15) is 0 Å². The number of hydrogen-bond acceptors (Lipinski definition) is 2. The van der Waals surface area contributed by atoms with Crippen LogP contribution in [0.15, 0.2) is 18.2 Å². The predicted octanol–water partition coefficient (Wildman–Crippen LogP) is 1.34. The second kappa shape index (κ2) is 2.74. The summed E-state index contributed by atoms with van der Waals surface area (Å²) in [5.74, 6) is 0.769. The molecule has 0 unspecified atom stereocenters. The van der Waals surface area contributed by atoms with E-state index in [2.05, 4.69) is 28.8 Å². The molecule has 1 aromatic carbocycles. The van der Waals surface area contributed by atoms with Crippen LogP contribution < -0.4 is 10.6 Å². The van der Waals surface area contributed by atoms with Crippen LogP contribution in [0, 0.1) is 0 Å². The van der Waals surface area contributed by atoms with E-state index < -0.39 is 0 Å². The second-order valence-corrected chi connectivity index (χ2v) is 3.95. The SMILES string of the molecule is c1cc2c(cc1C1CNC1)CCN2. The van der Waals surface area contributed by atoms with Gasteiger partial charge in [0.15, 0.2) is 0 Å². The molecule has 68 valence electrons. The van der Waals surface area contributed by atoms with Gasteiger partial charge in [0.05, 0.1) is 0 Å². The van der Waals surface area contributed by atoms with E-state index in [4.69, 9.17) is 0 Å². The molecule has 1 fully saturated rings. The number of hydrogen-bond donors (Lipinski definition) is 2. The summed E-state index contributed by atoms with van der Waals surface area (Å²) < 4.78 is 0. The molecule has 1 aromatic rings. The molecule has 2 aliphatic heterocycles. The van der Waals surface area contributed by atoms with Gasteiger partial charge in [-0.2, -0.15) is 0 Å². The minimum atomic E-state index is 0.769. The molecule has 0 saturated carbocycles. The molecule has 0 atom stereocenters. The van der Waals surface area contributed by atoms with E-state index in [1.165, 1.54) is 23.2 Å². The van der Waals surface area contributed by atoms with E-state index in [1.54, 1.807) is 0 Å². The zero-order chi connectivity index (χ0) is 8.67. The molecular weight excluding hydrogens is 160 g/mol. The lowest BCUT2D eigenvalue weighted by Gasteiger charge is -2.27. The molecule has 2 heterocycles. The van der Waals surface area contributed by atoms with Crippen LogP contribution in [0.1, 0.15) is 17.0 Å². The van der Waals surface area contributed by atoms with E-state index in [0.717, 1.165) is 25.6 Å². The van der Waals surface area contributed by atoms with Crippen LogP contribution in [-0.2, 0) is 6.42 Å². The average molecular weight is 174 g/mol. The Bertz CT molecular complexity index is 329. The molecule has 13 heavy (non-hydrogen) atoms. The maximum absolute atomic E-state index is 3.39. The van der Waals surface area contributed by atoms with Crippen LogP contribution in [0.25, 0.3) is 0 Å². The maximum Gasteiger partial charge on any atom is 0.0373 e. The van der Waals surface area contributed by atoms with Crippen molar-refractivity contribution >= 4 is 5.69 Å². The van der Waals surface area contributed by atoms with Gasteiger partial charge in [0.2, 0.25) is 0 Å². The third-order valence-electron chi connectivity index (χ3n) is 3.09. The highest BCUT2D eigenvalue weighted by Crippen LogP contribution is 2.27. The molecule has 2 heteroatoms. The van der Waals surface area contributed by atoms with Gasteiger partial charge in [0.25, 0.3) is 0 Å². The van der Waals surface area contributed by atoms with Crippen LogP contribution in [0.2, 0.25) is 0 Å². The van der Waals surface area contributed by atoms with Gasteiger partial charge in [-0.25, -0.2) is 0 Å². The molecule has 0 amide bonds. The fraction of sp³-hybridized carbons (Fsp3) is 0.455. The van der Waals surface area contributed by atoms with Crippen LogP contribution in [0.3, 0.4) is 0 Å². The Labute approximate surface area is 78.3 Å². The maximum atomic E-state index is 3.39. The number of nitrogens with one attached hydrogen (secondary N) is 2. The lowest BCUT2D eigenvalue weighted by Crippen LogP contribution is -2.39. The molecule has 0 bridgehead atoms. The van der Waals surface area contributed by atoms with Gasteiger partial charge < -0.3 is 10.6 Å². The Morgan fingerprint density at radius 1 is 1.23 bits per heavy atom. The highest BCUT2D eigenvalue weighted by Gasteiger charge is 2.20. The lowest BCUT2D eigenvalue weighted by molar-refractivity contribution is 0.448. The van der Waals surface area contributed by atoms with E-state index in [0.29, 0.717) is 0 Å². The zero-order valence-corrected chi connectivity index (χ0v) is 7.64. The Balaban J connectivity index is 1.95. The fourth-order valence-corrected chi connectivity index (χ4v) is 2.10. The van der Waals surface area contributed by atoms with Crippen molar-refractivity contribution in [3.8, 4) is 0 Å². The third-order valence-corrected chi connectivity index (χ3v) is 3.09. The molecule has 2 aliphatic rings. The van der Waals surface area contributed by atoms with Gasteiger partial charge in [-0.1, -0.05) is 12.1 Å². The van der Waals surface area contributed by atoms with Gasteiger partial charge in [-0.15, -0.1) is 0 Å². The summed E-state index contributed by atoms with van der Waals surface area (Å²) in [6.07, 6.45) is 1.20. The Hall–Kier alpha value is -1.02. The molecule has 3 rings (SSSR count). The van der Waals surface area contributed by atoms with Crippen molar-refractivity contribution in [2.75, 3.05) is 25.0 Å². The van der Waals surface area contributed by atoms with Crippen LogP contribution in [0.5, 0.6) is 0 Å². The van der Waals surface area contributed by atoms with Crippen LogP contribution >= 0.6 is 0 Å². The van der Waals surface area contributed by atoms with Crippen molar-refractivity contribution in [1.29, 1.82) is 0 Å². The van der Waals surface area contributed by atoms with Crippen molar-refractivity contribution in [2.45, 2.75) is 12.3 Å². The van der Waals surface area contributed by atoms with Gasteiger partial charge in [-0.3, -0.25) is 0 Å². The number of anilines is 1. The van der Waals surface area contributed by atoms with Crippen molar-refractivity contribution in [2.24, 2.45) is 0 Å². The number of rotatable bonds is 1.